The second-order valence-electron chi connectivity index (χ2n) is 5.89. The molecule has 0 unspecified atom stereocenters. The lowest BCUT2D eigenvalue weighted by atomic mass is 9.77. The average molecular weight is 264 g/mol. The predicted molar refractivity (Wildman–Crippen MR) is 73.2 cm³/mol. The Morgan fingerprint density at radius 2 is 2.11 bits per heavy atom. The number of hydrogen-bond acceptors (Lipinski definition) is 2. The van der Waals surface area contributed by atoms with Gasteiger partial charge in [0.25, 0.3) is 0 Å². The van der Waals surface area contributed by atoms with E-state index in [0.29, 0.717) is 11.7 Å². The van der Waals surface area contributed by atoms with E-state index in [1.165, 1.54) is 6.07 Å². The maximum atomic E-state index is 13.0. The third kappa shape index (κ3) is 3.31. The smallest absolute Gasteiger partial charge is 0.231 e. The minimum Gasteiger partial charge on any atom is -0.310 e. The van der Waals surface area contributed by atoms with Crippen LogP contribution in [0, 0.1) is 17.3 Å². The third-order valence-corrected chi connectivity index (χ3v) is 3.80. The van der Waals surface area contributed by atoms with E-state index in [4.69, 9.17) is 0 Å². The first kappa shape index (κ1) is 14.0. The van der Waals surface area contributed by atoms with Crippen molar-refractivity contribution in [2.45, 2.75) is 46.0 Å². The summed E-state index contributed by atoms with van der Waals surface area (Å²) in [6, 6.07) is 4.45. The number of carbonyl (C=O) groups is 1. The first-order valence-electron chi connectivity index (χ1n) is 6.96. The Hall–Kier alpha value is -1.45. The fourth-order valence-corrected chi connectivity index (χ4v) is 3.08. The summed E-state index contributed by atoms with van der Waals surface area (Å²) in [5.74, 6) is 0.211. The van der Waals surface area contributed by atoms with Crippen LogP contribution in [0.1, 0.15) is 46.0 Å². The Balaban J connectivity index is 2.12. The number of amides is 1. The number of hydrogen-bond donors (Lipinski definition) is 1. The molecule has 3 nitrogen and oxygen atoms in total. The fourth-order valence-electron chi connectivity index (χ4n) is 3.08. The standard InChI is InChI=1S/C15H21FN2O/c1-11(2)10-15(8-3-4-9-15)14(19)18-13-7-5-6-12(16)17-13/h5-7,11H,3-4,8-10H2,1-2H3,(H,17,18,19). The lowest BCUT2D eigenvalue weighted by Crippen LogP contribution is -2.35. The first-order valence-corrected chi connectivity index (χ1v) is 6.96. The van der Waals surface area contributed by atoms with Crippen molar-refractivity contribution in [2.75, 3.05) is 5.32 Å². The number of nitrogens with zero attached hydrogens (tertiary/aromatic N) is 1. The van der Waals surface area contributed by atoms with Gasteiger partial charge in [-0.1, -0.05) is 32.8 Å². The van der Waals surface area contributed by atoms with Crippen LogP contribution in [-0.2, 0) is 4.79 Å². The molecule has 2 rings (SSSR count). The molecule has 1 aliphatic rings. The van der Waals surface area contributed by atoms with E-state index in [2.05, 4.69) is 24.1 Å². The molecule has 0 atom stereocenters. The molecule has 0 bridgehead atoms. The van der Waals surface area contributed by atoms with Crippen LogP contribution in [0.15, 0.2) is 18.2 Å². The number of carbonyl (C=O) groups excluding carboxylic acids is 1. The zero-order valence-electron chi connectivity index (χ0n) is 11.6. The van der Waals surface area contributed by atoms with Crippen molar-refractivity contribution in [3.8, 4) is 0 Å². The van der Waals surface area contributed by atoms with Crippen LogP contribution in [0.25, 0.3) is 0 Å². The molecule has 0 aliphatic heterocycles. The van der Waals surface area contributed by atoms with Crippen molar-refractivity contribution in [2.24, 2.45) is 11.3 Å². The van der Waals surface area contributed by atoms with E-state index in [9.17, 15) is 9.18 Å². The van der Waals surface area contributed by atoms with Gasteiger partial charge in [-0.2, -0.15) is 4.39 Å². The van der Waals surface area contributed by atoms with E-state index in [0.717, 1.165) is 32.1 Å². The zero-order valence-corrected chi connectivity index (χ0v) is 11.6. The molecular formula is C15H21FN2O. The maximum Gasteiger partial charge on any atom is 0.231 e. The monoisotopic (exact) mass is 264 g/mol. The summed E-state index contributed by atoms with van der Waals surface area (Å²) in [5, 5.41) is 2.78. The number of pyridine rings is 1. The van der Waals surface area contributed by atoms with Crippen LogP contribution in [0.4, 0.5) is 10.2 Å². The zero-order chi connectivity index (χ0) is 13.9. The fraction of sp³-hybridized carbons (Fsp3) is 0.600. The van der Waals surface area contributed by atoms with Gasteiger partial charge in [-0.05, 0) is 37.3 Å². The molecule has 4 heteroatoms. The molecule has 1 amide bonds. The molecular weight excluding hydrogens is 243 g/mol. The molecule has 0 saturated heterocycles. The molecule has 1 fully saturated rings. The number of anilines is 1. The van der Waals surface area contributed by atoms with Gasteiger partial charge in [-0.25, -0.2) is 4.98 Å². The van der Waals surface area contributed by atoms with E-state index in [1.54, 1.807) is 12.1 Å². The van der Waals surface area contributed by atoms with Gasteiger partial charge in [-0.15, -0.1) is 0 Å². The van der Waals surface area contributed by atoms with Gasteiger partial charge in [0, 0.05) is 5.41 Å². The van der Waals surface area contributed by atoms with Crippen molar-refractivity contribution < 1.29 is 9.18 Å². The highest BCUT2D eigenvalue weighted by molar-refractivity contribution is 5.94. The van der Waals surface area contributed by atoms with Crippen LogP contribution in [0.2, 0.25) is 0 Å². The number of aromatic nitrogens is 1. The van der Waals surface area contributed by atoms with Gasteiger partial charge >= 0.3 is 0 Å². The van der Waals surface area contributed by atoms with Crippen LogP contribution in [-0.4, -0.2) is 10.9 Å². The van der Waals surface area contributed by atoms with Gasteiger partial charge in [0.05, 0.1) is 0 Å². The van der Waals surface area contributed by atoms with Crippen LogP contribution in [0.5, 0.6) is 0 Å². The molecule has 1 aromatic rings. The lowest BCUT2D eigenvalue weighted by molar-refractivity contribution is -0.126. The largest absolute Gasteiger partial charge is 0.310 e. The van der Waals surface area contributed by atoms with Crippen LogP contribution >= 0.6 is 0 Å². The normalized spacial score (nSPS) is 17.7. The molecule has 104 valence electrons. The average Bonchev–Trinajstić information content (AvgIpc) is 2.78. The Morgan fingerprint density at radius 3 is 2.68 bits per heavy atom. The summed E-state index contributed by atoms with van der Waals surface area (Å²) in [7, 11) is 0. The molecule has 0 aromatic carbocycles. The molecule has 19 heavy (non-hydrogen) atoms. The van der Waals surface area contributed by atoms with E-state index >= 15 is 0 Å². The van der Waals surface area contributed by atoms with E-state index < -0.39 is 5.95 Å². The molecule has 1 aromatic heterocycles. The summed E-state index contributed by atoms with van der Waals surface area (Å²) >= 11 is 0. The minimum absolute atomic E-state index is 0.00296. The van der Waals surface area contributed by atoms with E-state index in [1.807, 2.05) is 0 Å². The van der Waals surface area contributed by atoms with Crippen molar-refractivity contribution >= 4 is 11.7 Å². The third-order valence-electron chi connectivity index (χ3n) is 3.80. The SMILES string of the molecule is CC(C)CC1(C(=O)Nc2cccc(F)n2)CCCC1. The number of rotatable bonds is 4. The van der Waals surface area contributed by atoms with Gasteiger partial charge in [0.2, 0.25) is 11.9 Å². The summed E-state index contributed by atoms with van der Waals surface area (Å²) in [6.45, 7) is 4.27. The van der Waals surface area contributed by atoms with Crippen molar-refractivity contribution in [1.29, 1.82) is 0 Å². The van der Waals surface area contributed by atoms with Gasteiger partial charge in [-0.3, -0.25) is 4.79 Å². The second kappa shape index (κ2) is 5.68. The van der Waals surface area contributed by atoms with Gasteiger partial charge in [0.15, 0.2) is 0 Å². The van der Waals surface area contributed by atoms with Crippen LogP contribution in [0.3, 0.4) is 0 Å². The highest BCUT2D eigenvalue weighted by Crippen LogP contribution is 2.43. The van der Waals surface area contributed by atoms with Gasteiger partial charge < -0.3 is 5.32 Å². The molecule has 0 spiro atoms. The Labute approximate surface area is 113 Å². The summed E-state index contributed by atoms with van der Waals surface area (Å²) in [5.41, 5.74) is -0.290. The number of nitrogens with one attached hydrogen (secondary N) is 1. The van der Waals surface area contributed by atoms with Gasteiger partial charge in [0.1, 0.15) is 5.82 Å². The Morgan fingerprint density at radius 1 is 1.42 bits per heavy atom. The predicted octanol–water partition coefficient (Wildman–Crippen LogP) is 3.77. The Bertz CT molecular complexity index is 453. The van der Waals surface area contributed by atoms with E-state index in [-0.39, 0.29) is 11.3 Å². The quantitative estimate of drug-likeness (QED) is 0.841. The summed E-state index contributed by atoms with van der Waals surface area (Å²) in [6.07, 6.45) is 4.92. The summed E-state index contributed by atoms with van der Waals surface area (Å²) < 4.78 is 13.0. The molecule has 1 saturated carbocycles. The molecule has 1 heterocycles. The summed E-state index contributed by atoms with van der Waals surface area (Å²) in [4.78, 5) is 16.2. The highest BCUT2D eigenvalue weighted by atomic mass is 19.1. The maximum absolute atomic E-state index is 13.0. The second-order valence-corrected chi connectivity index (χ2v) is 5.89. The molecule has 1 aliphatic carbocycles. The van der Waals surface area contributed by atoms with Crippen LogP contribution < -0.4 is 5.32 Å². The van der Waals surface area contributed by atoms with Crippen molar-refractivity contribution in [3.63, 3.8) is 0 Å². The minimum atomic E-state index is -0.567. The molecule has 0 radical (unpaired) electrons. The first-order chi connectivity index (χ1) is 9.02. The topological polar surface area (TPSA) is 42.0 Å². The highest BCUT2D eigenvalue weighted by Gasteiger charge is 2.41. The Kier molecular flexibility index (Phi) is 4.17. The van der Waals surface area contributed by atoms with Crippen molar-refractivity contribution in [3.05, 3.63) is 24.1 Å². The molecule has 1 N–H and O–H groups in total. The number of halogens is 1. The van der Waals surface area contributed by atoms with Crippen molar-refractivity contribution in [1.82, 2.24) is 4.98 Å². The lowest BCUT2D eigenvalue weighted by Gasteiger charge is -2.29.